The van der Waals surface area contributed by atoms with E-state index in [4.69, 9.17) is 0 Å². The third-order valence-corrected chi connectivity index (χ3v) is 2.19. The number of rotatable bonds is 3. The smallest absolute Gasteiger partial charge is 0.149 e. The average Bonchev–Trinajstić information content (AvgIpc) is 2.68. The molecular weight excluding hydrogens is 190 g/mol. The fourth-order valence-corrected chi connectivity index (χ4v) is 1.49. The van der Waals surface area contributed by atoms with Crippen molar-refractivity contribution in [2.45, 2.75) is 6.04 Å². The molecule has 15 heavy (non-hydrogen) atoms. The third kappa shape index (κ3) is 2.02. The van der Waals surface area contributed by atoms with Crippen LogP contribution in [0.25, 0.3) is 0 Å². The van der Waals surface area contributed by atoms with Crippen molar-refractivity contribution >= 4 is 0 Å². The minimum atomic E-state index is -0.0000926. The Hall–Kier alpha value is -1.75. The fourth-order valence-electron chi connectivity index (χ4n) is 1.49. The summed E-state index contributed by atoms with van der Waals surface area (Å²) in [5.41, 5.74) is 1.06. The van der Waals surface area contributed by atoms with E-state index in [-0.39, 0.29) is 6.04 Å². The van der Waals surface area contributed by atoms with E-state index in [2.05, 4.69) is 20.4 Å². The monoisotopic (exact) mass is 203 g/mol. The van der Waals surface area contributed by atoms with Gasteiger partial charge in [-0.3, -0.25) is 4.68 Å². The Labute approximate surface area is 88.2 Å². The number of nitrogens with zero attached hydrogens (tertiary/aromatic N) is 4. The van der Waals surface area contributed by atoms with Crippen LogP contribution in [0, 0.1) is 0 Å². The molecule has 78 valence electrons. The van der Waals surface area contributed by atoms with Gasteiger partial charge in [0.25, 0.3) is 0 Å². The molecule has 0 radical (unpaired) electrons. The van der Waals surface area contributed by atoms with Gasteiger partial charge in [-0.25, -0.2) is 9.97 Å². The van der Waals surface area contributed by atoms with Crippen molar-refractivity contribution in [3.05, 3.63) is 42.2 Å². The Balaban J connectivity index is 2.33. The lowest BCUT2D eigenvalue weighted by atomic mass is 10.1. The van der Waals surface area contributed by atoms with Gasteiger partial charge in [-0.2, -0.15) is 5.10 Å². The minimum absolute atomic E-state index is 0.0000926. The zero-order chi connectivity index (χ0) is 10.7. The predicted molar refractivity (Wildman–Crippen MR) is 56.1 cm³/mol. The first-order chi connectivity index (χ1) is 7.31. The predicted octanol–water partition coefficient (Wildman–Crippen LogP) is 0.519. The molecule has 2 aromatic heterocycles. The van der Waals surface area contributed by atoms with Gasteiger partial charge in [0.2, 0.25) is 0 Å². The van der Waals surface area contributed by atoms with Crippen LogP contribution < -0.4 is 5.32 Å². The SMILES string of the molecule is CNC(c1cnn(C)c1)c1ncccn1. The highest BCUT2D eigenvalue weighted by Gasteiger charge is 2.15. The summed E-state index contributed by atoms with van der Waals surface area (Å²) >= 11 is 0. The fraction of sp³-hybridized carbons (Fsp3) is 0.300. The van der Waals surface area contributed by atoms with Crippen LogP contribution in [-0.4, -0.2) is 26.8 Å². The highest BCUT2D eigenvalue weighted by Crippen LogP contribution is 2.16. The summed E-state index contributed by atoms with van der Waals surface area (Å²) in [7, 11) is 3.77. The lowest BCUT2D eigenvalue weighted by Crippen LogP contribution is -2.19. The Morgan fingerprint density at radius 3 is 2.60 bits per heavy atom. The second-order valence-electron chi connectivity index (χ2n) is 3.28. The number of hydrogen-bond acceptors (Lipinski definition) is 4. The number of aromatic nitrogens is 4. The normalized spacial score (nSPS) is 12.7. The van der Waals surface area contributed by atoms with Gasteiger partial charge in [-0.05, 0) is 13.1 Å². The maximum absolute atomic E-state index is 4.22. The summed E-state index contributed by atoms with van der Waals surface area (Å²) in [6, 6.07) is 1.80. The summed E-state index contributed by atoms with van der Waals surface area (Å²) in [4.78, 5) is 8.45. The van der Waals surface area contributed by atoms with Crippen LogP contribution in [-0.2, 0) is 7.05 Å². The van der Waals surface area contributed by atoms with Crippen molar-refractivity contribution in [3.8, 4) is 0 Å². The van der Waals surface area contributed by atoms with Gasteiger partial charge in [0.1, 0.15) is 5.82 Å². The van der Waals surface area contributed by atoms with Crippen molar-refractivity contribution in [1.29, 1.82) is 0 Å². The van der Waals surface area contributed by atoms with Crippen molar-refractivity contribution in [2.24, 2.45) is 7.05 Å². The summed E-state index contributed by atoms with van der Waals surface area (Å²) in [6.07, 6.45) is 7.25. The van der Waals surface area contributed by atoms with Crippen LogP contribution in [0.5, 0.6) is 0 Å². The summed E-state index contributed by atoms with van der Waals surface area (Å²) < 4.78 is 1.77. The average molecular weight is 203 g/mol. The molecule has 0 spiro atoms. The highest BCUT2D eigenvalue weighted by atomic mass is 15.2. The zero-order valence-electron chi connectivity index (χ0n) is 8.75. The van der Waals surface area contributed by atoms with Crippen molar-refractivity contribution < 1.29 is 0 Å². The van der Waals surface area contributed by atoms with E-state index in [1.54, 1.807) is 23.1 Å². The molecule has 0 saturated carbocycles. The molecule has 0 aliphatic carbocycles. The van der Waals surface area contributed by atoms with Crippen LogP contribution in [0.2, 0.25) is 0 Å². The second-order valence-corrected chi connectivity index (χ2v) is 3.28. The first-order valence-corrected chi connectivity index (χ1v) is 4.74. The zero-order valence-corrected chi connectivity index (χ0v) is 8.75. The molecule has 0 aliphatic heterocycles. The lowest BCUT2D eigenvalue weighted by molar-refractivity contribution is 0.645. The van der Waals surface area contributed by atoms with Gasteiger partial charge in [0.15, 0.2) is 0 Å². The molecule has 1 unspecified atom stereocenters. The molecule has 5 nitrogen and oxygen atoms in total. The quantitative estimate of drug-likeness (QED) is 0.790. The maximum atomic E-state index is 4.22. The van der Waals surface area contributed by atoms with Gasteiger partial charge in [0.05, 0.1) is 12.2 Å². The van der Waals surface area contributed by atoms with Crippen LogP contribution >= 0.6 is 0 Å². The minimum Gasteiger partial charge on any atom is -0.307 e. The largest absolute Gasteiger partial charge is 0.307 e. The van der Waals surface area contributed by atoms with Gasteiger partial charge < -0.3 is 5.32 Å². The molecule has 0 saturated heterocycles. The van der Waals surface area contributed by atoms with E-state index in [1.807, 2.05) is 26.5 Å². The second kappa shape index (κ2) is 4.18. The van der Waals surface area contributed by atoms with Gasteiger partial charge in [-0.1, -0.05) is 0 Å². The molecule has 0 aliphatic rings. The Kier molecular flexibility index (Phi) is 2.73. The first-order valence-electron chi connectivity index (χ1n) is 4.74. The Bertz CT molecular complexity index is 422. The lowest BCUT2D eigenvalue weighted by Gasteiger charge is -2.11. The van der Waals surface area contributed by atoms with Gasteiger partial charge >= 0.3 is 0 Å². The molecule has 2 heterocycles. The number of hydrogen-bond donors (Lipinski definition) is 1. The molecule has 5 heteroatoms. The standard InChI is InChI=1S/C10H13N5/c1-11-9(8-6-14-15(2)7-8)10-12-4-3-5-13-10/h3-7,9,11H,1-2H3. The maximum Gasteiger partial charge on any atom is 0.149 e. The van der Waals surface area contributed by atoms with Gasteiger partial charge in [0, 0.05) is 31.2 Å². The molecule has 1 N–H and O–H groups in total. The highest BCUT2D eigenvalue weighted by molar-refractivity contribution is 5.18. The topological polar surface area (TPSA) is 55.6 Å². The number of nitrogens with one attached hydrogen (secondary N) is 1. The molecule has 1 atom stereocenters. The molecule has 2 aromatic rings. The molecule has 0 aromatic carbocycles. The summed E-state index contributed by atoms with van der Waals surface area (Å²) in [6.45, 7) is 0. The van der Waals surface area contributed by atoms with Crippen LogP contribution in [0.15, 0.2) is 30.9 Å². The van der Waals surface area contributed by atoms with Crippen molar-refractivity contribution in [3.63, 3.8) is 0 Å². The van der Waals surface area contributed by atoms with E-state index < -0.39 is 0 Å². The van der Waals surface area contributed by atoms with Crippen LogP contribution in [0.4, 0.5) is 0 Å². The van der Waals surface area contributed by atoms with Crippen LogP contribution in [0.3, 0.4) is 0 Å². The van der Waals surface area contributed by atoms with E-state index >= 15 is 0 Å². The molecular formula is C10H13N5. The van der Waals surface area contributed by atoms with Crippen LogP contribution in [0.1, 0.15) is 17.4 Å². The number of aryl methyl sites for hydroxylation is 1. The molecule has 2 rings (SSSR count). The van der Waals surface area contributed by atoms with Crippen molar-refractivity contribution in [1.82, 2.24) is 25.1 Å². The third-order valence-electron chi connectivity index (χ3n) is 2.19. The summed E-state index contributed by atoms with van der Waals surface area (Å²) in [5.74, 6) is 0.757. The Morgan fingerprint density at radius 2 is 2.07 bits per heavy atom. The van der Waals surface area contributed by atoms with E-state index in [9.17, 15) is 0 Å². The van der Waals surface area contributed by atoms with E-state index in [1.165, 1.54) is 0 Å². The Morgan fingerprint density at radius 1 is 1.33 bits per heavy atom. The van der Waals surface area contributed by atoms with E-state index in [0.717, 1.165) is 11.4 Å². The molecule has 0 fully saturated rings. The van der Waals surface area contributed by atoms with E-state index in [0.29, 0.717) is 0 Å². The first kappa shape index (κ1) is 9.79. The van der Waals surface area contributed by atoms with Crippen molar-refractivity contribution in [2.75, 3.05) is 7.05 Å². The summed E-state index contributed by atoms with van der Waals surface area (Å²) in [5, 5.41) is 7.30. The molecule has 0 bridgehead atoms. The van der Waals surface area contributed by atoms with Gasteiger partial charge in [-0.15, -0.1) is 0 Å². The molecule has 0 amide bonds.